The SMILES string of the molecule is CCc1nc(NC)c(C)c(N2CCCC2)n1. The molecule has 0 aliphatic carbocycles. The number of aromatic nitrogens is 2. The molecule has 1 fully saturated rings. The summed E-state index contributed by atoms with van der Waals surface area (Å²) in [5, 5.41) is 3.16. The van der Waals surface area contributed by atoms with Crippen LogP contribution in [0.25, 0.3) is 0 Å². The zero-order valence-electron chi connectivity index (χ0n) is 10.4. The zero-order valence-corrected chi connectivity index (χ0v) is 10.4. The van der Waals surface area contributed by atoms with E-state index in [1.165, 1.54) is 18.4 Å². The van der Waals surface area contributed by atoms with Crippen molar-refractivity contribution in [3.63, 3.8) is 0 Å². The first-order valence-corrected chi connectivity index (χ1v) is 6.06. The van der Waals surface area contributed by atoms with Gasteiger partial charge in [-0.1, -0.05) is 6.92 Å². The molecule has 0 saturated carbocycles. The van der Waals surface area contributed by atoms with Gasteiger partial charge in [-0.2, -0.15) is 0 Å². The molecule has 1 aliphatic rings. The number of aryl methyl sites for hydroxylation is 1. The fourth-order valence-electron chi connectivity index (χ4n) is 2.19. The van der Waals surface area contributed by atoms with Crippen molar-refractivity contribution in [3.05, 3.63) is 11.4 Å². The van der Waals surface area contributed by atoms with Crippen LogP contribution in [-0.4, -0.2) is 30.1 Å². The van der Waals surface area contributed by atoms with E-state index < -0.39 is 0 Å². The molecule has 0 spiro atoms. The molecular weight excluding hydrogens is 200 g/mol. The Morgan fingerprint density at radius 3 is 2.50 bits per heavy atom. The summed E-state index contributed by atoms with van der Waals surface area (Å²) >= 11 is 0. The van der Waals surface area contributed by atoms with Gasteiger partial charge in [0.2, 0.25) is 0 Å². The van der Waals surface area contributed by atoms with E-state index in [1.807, 2.05) is 7.05 Å². The van der Waals surface area contributed by atoms with Crippen LogP contribution < -0.4 is 10.2 Å². The fourth-order valence-corrected chi connectivity index (χ4v) is 2.19. The summed E-state index contributed by atoms with van der Waals surface area (Å²) in [4.78, 5) is 11.5. The summed E-state index contributed by atoms with van der Waals surface area (Å²) in [5.41, 5.74) is 1.17. The number of anilines is 2. The number of nitrogens with one attached hydrogen (secondary N) is 1. The van der Waals surface area contributed by atoms with Gasteiger partial charge < -0.3 is 10.2 Å². The lowest BCUT2D eigenvalue weighted by molar-refractivity contribution is 0.869. The molecule has 1 aromatic heterocycles. The molecule has 16 heavy (non-hydrogen) atoms. The topological polar surface area (TPSA) is 41.1 Å². The number of hydrogen-bond donors (Lipinski definition) is 1. The Hall–Kier alpha value is -1.32. The van der Waals surface area contributed by atoms with E-state index in [-0.39, 0.29) is 0 Å². The van der Waals surface area contributed by atoms with Gasteiger partial charge in [0.15, 0.2) is 0 Å². The molecule has 0 unspecified atom stereocenters. The van der Waals surface area contributed by atoms with Crippen molar-refractivity contribution >= 4 is 11.6 Å². The minimum absolute atomic E-state index is 0.885. The van der Waals surface area contributed by atoms with Crippen molar-refractivity contribution < 1.29 is 0 Å². The number of rotatable bonds is 3. The van der Waals surface area contributed by atoms with Gasteiger partial charge in [0, 0.05) is 32.1 Å². The van der Waals surface area contributed by atoms with Gasteiger partial charge in [0.25, 0.3) is 0 Å². The molecule has 4 nitrogen and oxygen atoms in total. The van der Waals surface area contributed by atoms with Crippen molar-refractivity contribution in [3.8, 4) is 0 Å². The second kappa shape index (κ2) is 4.68. The summed E-state index contributed by atoms with van der Waals surface area (Å²) in [6, 6.07) is 0. The molecule has 0 radical (unpaired) electrons. The van der Waals surface area contributed by atoms with Crippen LogP contribution in [0, 0.1) is 6.92 Å². The van der Waals surface area contributed by atoms with E-state index in [9.17, 15) is 0 Å². The lowest BCUT2D eigenvalue weighted by Gasteiger charge is -2.20. The van der Waals surface area contributed by atoms with E-state index >= 15 is 0 Å². The summed E-state index contributed by atoms with van der Waals surface area (Å²) < 4.78 is 0. The van der Waals surface area contributed by atoms with Gasteiger partial charge in [-0.05, 0) is 19.8 Å². The average Bonchev–Trinajstić information content (AvgIpc) is 2.83. The van der Waals surface area contributed by atoms with Crippen LogP contribution in [-0.2, 0) is 6.42 Å². The largest absolute Gasteiger partial charge is 0.373 e. The van der Waals surface area contributed by atoms with Crippen molar-refractivity contribution in [1.29, 1.82) is 0 Å². The smallest absolute Gasteiger partial charge is 0.137 e. The van der Waals surface area contributed by atoms with Gasteiger partial charge in [-0.15, -0.1) is 0 Å². The third-order valence-corrected chi connectivity index (χ3v) is 3.13. The molecule has 2 rings (SSSR count). The Kier molecular flexibility index (Phi) is 3.27. The Balaban J connectivity index is 2.41. The van der Waals surface area contributed by atoms with Gasteiger partial charge in [0.1, 0.15) is 17.5 Å². The highest BCUT2D eigenvalue weighted by atomic mass is 15.2. The van der Waals surface area contributed by atoms with E-state index in [4.69, 9.17) is 0 Å². The minimum atomic E-state index is 0.885. The van der Waals surface area contributed by atoms with Crippen LogP contribution in [0.4, 0.5) is 11.6 Å². The molecule has 0 amide bonds. The Bertz CT molecular complexity index is 370. The van der Waals surface area contributed by atoms with Crippen LogP contribution in [0.3, 0.4) is 0 Å². The van der Waals surface area contributed by atoms with Gasteiger partial charge >= 0.3 is 0 Å². The average molecular weight is 220 g/mol. The molecule has 1 aliphatic heterocycles. The second-order valence-corrected chi connectivity index (χ2v) is 4.23. The highest BCUT2D eigenvalue weighted by Crippen LogP contribution is 2.26. The lowest BCUT2D eigenvalue weighted by Crippen LogP contribution is -2.22. The molecule has 0 aromatic carbocycles. The van der Waals surface area contributed by atoms with E-state index in [1.54, 1.807) is 0 Å². The van der Waals surface area contributed by atoms with Crippen LogP contribution in [0.1, 0.15) is 31.2 Å². The maximum Gasteiger partial charge on any atom is 0.137 e. The van der Waals surface area contributed by atoms with Crippen LogP contribution >= 0.6 is 0 Å². The Labute approximate surface area is 97.1 Å². The Morgan fingerprint density at radius 2 is 1.94 bits per heavy atom. The molecule has 0 atom stereocenters. The standard InChI is InChI=1S/C12H20N4/c1-4-10-14-11(13-3)9(2)12(15-10)16-7-5-6-8-16/h4-8H2,1-3H3,(H,13,14,15). The van der Waals surface area contributed by atoms with Gasteiger partial charge in [0.05, 0.1) is 0 Å². The maximum absolute atomic E-state index is 4.66. The molecule has 88 valence electrons. The normalized spacial score (nSPS) is 15.6. The van der Waals surface area contributed by atoms with E-state index in [2.05, 4.69) is 34.0 Å². The number of hydrogen-bond acceptors (Lipinski definition) is 4. The van der Waals surface area contributed by atoms with Crippen LogP contribution in [0.2, 0.25) is 0 Å². The Morgan fingerprint density at radius 1 is 1.25 bits per heavy atom. The highest BCUT2D eigenvalue weighted by molar-refractivity contribution is 5.58. The van der Waals surface area contributed by atoms with Crippen LogP contribution in [0.5, 0.6) is 0 Å². The molecule has 1 aromatic rings. The van der Waals surface area contributed by atoms with Crippen molar-refractivity contribution in [2.75, 3.05) is 30.4 Å². The number of nitrogens with zero attached hydrogens (tertiary/aromatic N) is 3. The zero-order chi connectivity index (χ0) is 11.5. The molecule has 0 bridgehead atoms. The maximum atomic E-state index is 4.66. The predicted octanol–water partition coefficient (Wildman–Crippen LogP) is 1.99. The van der Waals surface area contributed by atoms with Gasteiger partial charge in [-0.25, -0.2) is 9.97 Å². The molecule has 1 saturated heterocycles. The predicted molar refractivity (Wildman–Crippen MR) is 67.1 cm³/mol. The first-order valence-electron chi connectivity index (χ1n) is 6.06. The molecule has 2 heterocycles. The monoisotopic (exact) mass is 220 g/mol. The first kappa shape index (κ1) is 11.2. The first-order chi connectivity index (χ1) is 7.76. The third kappa shape index (κ3) is 1.96. The fraction of sp³-hybridized carbons (Fsp3) is 0.667. The molecule has 1 N–H and O–H groups in total. The van der Waals surface area contributed by atoms with Crippen molar-refractivity contribution in [2.45, 2.75) is 33.1 Å². The second-order valence-electron chi connectivity index (χ2n) is 4.23. The highest BCUT2D eigenvalue weighted by Gasteiger charge is 2.18. The van der Waals surface area contributed by atoms with Crippen molar-refractivity contribution in [2.24, 2.45) is 0 Å². The van der Waals surface area contributed by atoms with E-state index in [0.29, 0.717) is 0 Å². The minimum Gasteiger partial charge on any atom is -0.373 e. The summed E-state index contributed by atoms with van der Waals surface area (Å²) in [6.07, 6.45) is 3.44. The molecule has 4 heteroatoms. The third-order valence-electron chi connectivity index (χ3n) is 3.13. The summed E-state index contributed by atoms with van der Waals surface area (Å²) in [5.74, 6) is 3.01. The summed E-state index contributed by atoms with van der Waals surface area (Å²) in [7, 11) is 1.92. The quantitative estimate of drug-likeness (QED) is 0.845. The van der Waals surface area contributed by atoms with Gasteiger partial charge in [-0.3, -0.25) is 0 Å². The summed E-state index contributed by atoms with van der Waals surface area (Å²) in [6.45, 7) is 6.45. The van der Waals surface area contributed by atoms with Crippen molar-refractivity contribution in [1.82, 2.24) is 9.97 Å². The van der Waals surface area contributed by atoms with E-state index in [0.717, 1.165) is 37.0 Å². The lowest BCUT2D eigenvalue weighted by atomic mass is 10.2. The van der Waals surface area contributed by atoms with Crippen LogP contribution in [0.15, 0.2) is 0 Å². The molecular formula is C12H20N4.